The van der Waals surface area contributed by atoms with Gasteiger partial charge in [0.1, 0.15) is 0 Å². The lowest BCUT2D eigenvalue weighted by Gasteiger charge is -2.20. The Bertz CT molecular complexity index is 460. The summed E-state index contributed by atoms with van der Waals surface area (Å²) in [5, 5.41) is 3.45. The Morgan fingerprint density at radius 3 is 3.00 bits per heavy atom. The molecular formula is C14H16N2. The molecule has 2 atom stereocenters. The summed E-state index contributed by atoms with van der Waals surface area (Å²) < 4.78 is 0. The summed E-state index contributed by atoms with van der Waals surface area (Å²) in [5.41, 5.74) is 9.26. The molecule has 3 rings (SSSR count). The molecule has 0 saturated carbocycles. The molecular weight excluding hydrogens is 196 g/mol. The number of allylic oxidation sites excluding steroid dienone is 4. The largest absolute Gasteiger partial charge is 0.399 e. The Balaban J connectivity index is 1.91. The van der Waals surface area contributed by atoms with Crippen LogP contribution in [0.1, 0.15) is 17.9 Å². The molecule has 0 fully saturated rings. The van der Waals surface area contributed by atoms with Crippen molar-refractivity contribution in [1.29, 1.82) is 0 Å². The van der Waals surface area contributed by atoms with Crippen molar-refractivity contribution in [2.24, 2.45) is 5.92 Å². The first kappa shape index (κ1) is 9.52. The van der Waals surface area contributed by atoms with E-state index in [1.165, 1.54) is 11.3 Å². The van der Waals surface area contributed by atoms with Crippen LogP contribution in [0, 0.1) is 5.92 Å². The number of benzene rings is 1. The lowest BCUT2D eigenvalue weighted by atomic mass is 9.83. The van der Waals surface area contributed by atoms with E-state index in [0.717, 1.165) is 18.7 Å². The van der Waals surface area contributed by atoms with E-state index in [2.05, 4.69) is 35.7 Å². The second kappa shape index (κ2) is 3.71. The summed E-state index contributed by atoms with van der Waals surface area (Å²) in [6.07, 6.45) is 10.00. The molecule has 1 aliphatic heterocycles. The number of rotatable bonds is 1. The molecule has 3 N–H and O–H groups in total. The molecule has 0 spiro atoms. The molecule has 2 unspecified atom stereocenters. The van der Waals surface area contributed by atoms with E-state index in [1.807, 2.05) is 12.1 Å². The van der Waals surface area contributed by atoms with Gasteiger partial charge in [-0.1, -0.05) is 30.4 Å². The minimum Gasteiger partial charge on any atom is -0.399 e. The topological polar surface area (TPSA) is 38.0 Å². The van der Waals surface area contributed by atoms with E-state index in [-0.39, 0.29) is 0 Å². The molecule has 16 heavy (non-hydrogen) atoms. The van der Waals surface area contributed by atoms with Crippen LogP contribution in [0.15, 0.2) is 42.5 Å². The predicted molar refractivity (Wildman–Crippen MR) is 68.5 cm³/mol. The number of hydrogen-bond acceptors (Lipinski definition) is 2. The highest BCUT2D eigenvalue weighted by molar-refractivity contribution is 5.64. The van der Waals surface area contributed by atoms with Gasteiger partial charge in [0.05, 0.1) is 0 Å². The molecule has 1 aromatic carbocycles. The molecule has 0 saturated heterocycles. The fourth-order valence-corrected chi connectivity index (χ4v) is 2.66. The second-order valence-electron chi connectivity index (χ2n) is 4.55. The quantitative estimate of drug-likeness (QED) is 0.702. The number of nitrogens with one attached hydrogen (secondary N) is 1. The number of nitrogen functional groups attached to an aromatic ring is 1. The standard InChI is InChI=1S/C14H16N2/c15-11-6-7-12-13(9-16-14(12)8-11)10-4-2-1-3-5-10/h1-4,6-8,10,13,16H,5,9,15H2. The Kier molecular flexibility index (Phi) is 2.21. The first-order valence-electron chi connectivity index (χ1n) is 5.81. The highest BCUT2D eigenvalue weighted by Gasteiger charge is 2.28. The fourth-order valence-electron chi connectivity index (χ4n) is 2.66. The van der Waals surface area contributed by atoms with Crippen LogP contribution >= 0.6 is 0 Å². The van der Waals surface area contributed by atoms with Crippen molar-refractivity contribution in [3.05, 3.63) is 48.1 Å². The molecule has 82 valence electrons. The monoisotopic (exact) mass is 212 g/mol. The van der Waals surface area contributed by atoms with Gasteiger partial charge in [0.2, 0.25) is 0 Å². The molecule has 2 aliphatic rings. The third-order valence-corrected chi connectivity index (χ3v) is 3.52. The van der Waals surface area contributed by atoms with Gasteiger partial charge in [-0.15, -0.1) is 0 Å². The van der Waals surface area contributed by atoms with Gasteiger partial charge < -0.3 is 11.1 Å². The van der Waals surface area contributed by atoms with Gasteiger partial charge in [-0.3, -0.25) is 0 Å². The van der Waals surface area contributed by atoms with E-state index in [0.29, 0.717) is 11.8 Å². The van der Waals surface area contributed by atoms with Crippen molar-refractivity contribution in [3.63, 3.8) is 0 Å². The van der Waals surface area contributed by atoms with Crippen LogP contribution < -0.4 is 11.1 Å². The normalized spacial score (nSPS) is 26.5. The molecule has 2 heteroatoms. The van der Waals surface area contributed by atoms with E-state index in [1.54, 1.807) is 0 Å². The Morgan fingerprint density at radius 1 is 1.25 bits per heavy atom. The van der Waals surface area contributed by atoms with Crippen LogP contribution in [-0.4, -0.2) is 6.54 Å². The van der Waals surface area contributed by atoms with Crippen molar-refractivity contribution in [2.75, 3.05) is 17.6 Å². The van der Waals surface area contributed by atoms with Gasteiger partial charge >= 0.3 is 0 Å². The van der Waals surface area contributed by atoms with Crippen LogP contribution in [0.3, 0.4) is 0 Å². The van der Waals surface area contributed by atoms with Crippen molar-refractivity contribution in [3.8, 4) is 0 Å². The minimum absolute atomic E-state index is 0.594. The van der Waals surface area contributed by atoms with E-state index >= 15 is 0 Å². The first-order chi connectivity index (χ1) is 7.84. The van der Waals surface area contributed by atoms with Crippen molar-refractivity contribution in [2.45, 2.75) is 12.3 Å². The zero-order chi connectivity index (χ0) is 11.0. The maximum atomic E-state index is 5.79. The van der Waals surface area contributed by atoms with Crippen LogP contribution in [-0.2, 0) is 0 Å². The third-order valence-electron chi connectivity index (χ3n) is 3.52. The molecule has 1 aromatic rings. The molecule has 0 bridgehead atoms. The van der Waals surface area contributed by atoms with Crippen molar-refractivity contribution >= 4 is 11.4 Å². The van der Waals surface area contributed by atoms with Crippen molar-refractivity contribution in [1.82, 2.24) is 0 Å². The number of hydrogen-bond donors (Lipinski definition) is 2. The maximum absolute atomic E-state index is 5.79. The van der Waals surface area contributed by atoms with Crippen LogP contribution in [0.5, 0.6) is 0 Å². The lowest BCUT2D eigenvalue weighted by Crippen LogP contribution is -2.13. The second-order valence-corrected chi connectivity index (χ2v) is 4.55. The van der Waals surface area contributed by atoms with Gasteiger partial charge in [-0.25, -0.2) is 0 Å². The summed E-state index contributed by atoms with van der Waals surface area (Å²) in [6, 6.07) is 6.21. The lowest BCUT2D eigenvalue weighted by molar-refractivity contribution is 0.543. The summed E-state index contributed by atoms with van der Waals surface area (Å²) in [5.74, 6) is 1.22. The van der Waals surface area contributed by atoms with Gasteiger partial charge in [-0.2, -0.15) is 0 Å². The molecule has 1 heterocycles. The summed E-state index contributed by atoms with van der Waals surface area (Å²) in [4.78, 5) is 0. The Hall–Kier alpha value is -1.70. The maximum Gasteiger partial charge on any atom is 0.0397 e. The smallest absolute Gasteiger partial charge is 0.0397 e. The molecule has 0 radical (unpaired) electrons. The molecule has 0 aromatic heterocycles. The minimum atomic E-state index is 0.594. The SMILES string of the molecule is Nc1ccc2c(c1)NCC2C1C=CC=CC1. The average molecular weight is 212 g/mol. The van der Waals surface area contributed by atoms with Gasteiger partial charge in [0.15, 0.2) is 0 Å². The summed E-state index contributed by atoms with van der Waals surface area (Å²) in [7, 11) is 0. The van der Waals surface area contributed by atoms with Gasteiger partial charge in [0.25, 0.3) is 0 Å². The summed E-state index contributed by atoms with van der Waals surface area (Å²) in [6.45, 7) is 1.03. The number of fused-ring (bicyclic) bond motifs is 1. The Morgan fingerprint density at radius 2 is 2.19 bits per heavy atom. The molecule has 0 amide bonds. The molecule has 2 nitrogen and oxygen atoms in total. The molecule has 1 aliphatic carbocycles. The summed E-state index contributed by atoms with van der Waals surface area (Å²) >= 11 is 0. The average Bonchev–Trinajstić information content (AvgIpc) is 2.73. The zero-order valence-electron chi connectivity index (χ0n) is 9.19. The third kappa shape index (κ3) is 1.51. The van der Waals surface area contributed by atoms with E-state index in [4.69, 9.17) is 5.73 Å². The van der Waals surface area contributed by atoms with Gasteiger partial charge in [0, 0.05) is 23.8 Å². The first-order valence-corrected chi connectivity index (χ1v) is 5.81. The van der Waals surface area contributed by atoms with Crippen molar-refractivity contribution < 1.29 is 0 Å². The van der Waals surface area contributed by atoms with Crippen LogP contribution in [0.2, 0.25) is 0 Å². The van der Waals surface area contributed by atoms with Gasteiger partial charge in [-0.05, 0) is 30.0 Å². The van der Waals surface area contributed by atoms with E-state index in [9.17, 15) is 0 Å². The zero-order valence-corrected chi connectivity index (χ0v) is 9.19. The van der Waals surface area contributed by atoms with Crippen LogP contribution in [0.4, 0.5) is 11.4 Å². The highest BCUT2D eigenvalue weighted by atomic mass is 14.9. The number of anilines is 2. The predicted octanol–water partition coefficient (Wildman–Crippen LogP) is 2.91. The highest BCUT2D eigenvalue weighted by Crippen LogP contribution is 2.39. The van der Waals surface area contributed by atoms with Crippen LogP contribution in [0.25, 0.3) is 0 Å². The van der Waals surface area contributed by atoms with E-state index < -0.39 is 0 Å². The fraction of sp³-hybridized carbons (Fsp3) is 0.286. The number of nitrogens with two attached hydrogens (primary N) is 1. The Labute approximate surface area is 95.8 Å².